The lowest BCUT2D eigenvalue weighted by atomic mass is 9.79. The van der Waals surface area contributed by atoms with Crippen molar-refractivity contribution in [1.29, 1.82) is 0 Å². The summed E-state index contributed by atoms with van der Waals surface area (Å²) in [5.74, 6) is -2.68. The average molecular weight is 294 g/mol. The lowest BCUT2D eigenvalue weighted by Crippen LogP contribution is -2.48. The highest BCUT2D eigenvalue weighted by molar-refractivity contribution is 5.50. The van der Waals surface area contributed by atoms with E-state index in [9.17, 15) is 22.0 Å². The number of hydrogen-bond acceptors (Lipinski definition) is 2. The predicted molar refractivity (Wildman–Crippen MR) is 65.2 cm³/mol. The molecule has 2 nitrogen and oxygen atoms in total. The second kappa shape index (κ2) is 5.20. The van der Waals surface area contributed by atoms with E-state index < -0.39 is 29.8 Å². The van der Waals surface area contributed by atoms with Gasteiger partial charge >= 0.3 is 6.18 Å². The summed E-state index contributed by atoms with van der Waals surface area (Å²) in [5.41, 5.74) is 5.27. The van der Waals surface area contributed by atoms with Crippen LogP contribution < -0.4 is 10.6 Å². The van der Waals surface area contributed by atoms with Gasteiger partial charge in [0, 0.05) is 31.3 Å². The molecule has 0 radical (unpaired) electrons. The summed E-state index contributed by atoms with van der Waals surface area (Å²) in [6.07, 6.45) is -4.41. The highest BCUT2D eigenvalue weighted by Gasteiger charge is 2.49. The van der Waals surface area contributed by atoms with Crippen molar-refractivity contribution in [2.24, 2.45) is 11.7 Å². The third-order valence-corrected chi connectivity index (χ3v) is 3.84. The zero-order chi connectivity index (χ0) is 15.1. The molecule has 0 spiro atoms. The number of nitrogens with zero attached hydrogens (tertiary/aromatic N) is 1. The minimum absolute atomic E-state index is 0.0367. The van der Waals surface area contributed by atoms with Crippen molar-refractivity contribution in [3.63, 3.8) is 0 Å². The number of benzene rings is 1. The van der Waals surface area contributed by atoms with Gasteiger partial charge in [-0.1, -0.05) is 0 Å². The molecular formula is C13H15F5N2. The van der Waals surface area contributed by atoms with Crippen LogP contribution in [0.2, 0.25) is 0 Å². The van der Waals surface area contributed by atoms with Crippen LogP contribution in [0.3, 0.4) is 0 Å². The van der Waals surface area contributed by atoms with Crippen LogP contribution in [-0.4, -0.2) is 19.3 Å². The minimum Gasteiger partial charge on any atom is -0.369 e. The quantitative estimate of drug-likeness (QED) is 0.867. The molecule has 0 amide bonds. The molecule has 1 aromatic carbocycles. The molecule has 2 rings (SSSR count). The standard InChI is InChI=1S/C13H15F5N2/c1-20(9-3-8(4-9)13(16,17)18)12-5-10(14)7(6-19)2-11(12)15/h2,5,8-9H,3-4,6,19H2,1H3. The zero-order valence-electron chi connectivity index (χ0n) is 10.8. The number of halogens is 5. The second-order valence-corrected chi connectivity index (χ2v) is 5.07. The molecule has 1 aromatic rings. The molecule has 112 valence electrons. The van der Waals surface area contributed by atoms with E-state index in [2.05, 4.69) is 0 Å². The fourth-order valence-corrected chi connectivity index (χ4v) is 2.37. The topological polar surface area (TPSA) is 29.3 Å². The van der Waals surface area contributed by atoms with Crippen LogP contribution in [0, 0.1) is 17.6 Å². The van der Waals surface area contributed by atoms with Crippen molar-refractivity contribution in [3.05, 3.63) is 29.3 Å². The van der Waals surface area contributed by atoms with Crippen LogP contribution >= 0.6 is 0 Å². The molecule has 2 N–H and O–H groups in total. The molecule has 1 saturated carbocycles. The third-order valence-electron chi connectivity index (χ3n) is 3.84. The van der Waals surface area contributed by atoms with Crippen molar-refractivity contribution in [2.75, 3.05) is 11.9 Å². The normalized spacial score (nSPS) is 22.6. The van der Waals surface area contributed by atoms with Gasteiger partial charge in [-0.2, -0.15) is 13.2 Å². The molecule has 0 saturated heterocycles. The summed E-state index contributed by atoms with van der Waals surface area (Å²) in [6, 6.07) is 1.54. The summed E-state index contributed by atoms with van der Waals surface area (Å²) in [4.78, 5) is 1.36. The van der Waals surface area contributed by atoms with Gasteiger partial charge in [0.05, 0.1) is 11.6 Å². The number of hydrogen-bond donors (Lipinski definition) is 1. The zero-order valence-corrected chi connectivity index (χ0v) is 10.8. The van der Waals surface area contributed by atoms with E-state index in [0.29, 0.717) is 0 Å². The molecule has 0 aromatic heterocycles. The van der Waals surface area contributed by atoms with Gasteiger partial charge in [0.15, 0.2) is 0 Å². The monoisotopic (exact) mass is 294 g/mol. The fourth-order valence-electron chi connectivity index (χ4n) is 2.37. The first-order valence-corrected chi connectivity index (χ1v) is 6.21. The molecule has 0 bridgehead atoms. The maximum atomic E-state index is 13.8. The molecule has 0 aliphatic heterocycles. The maximum Gasteiger partial charge on any atom is 0.391 e. The van der Waals surface area contributed by atoms with Crippen LogP contribution in [0.4, 0.5) is 27.6 Å². The summed E-state index contributed by atoms with van der Waals surface area (Å²) < 4.78 is 64.7. The van der Waals surface area contributed by atoms with E-state index in [1.54, 1.807) is 0 Å². The van der Waals surface area contributed by atoms with Gasteiger partial charge in [-0.25, -0.2) is 8.78 Å². The van der Waals surface area contributed by atoms with E-state index in [0.717, 1.165) is 12.1 Å². The molecule has 0 unspecified atom stereocenters. The Labute approximate surface area is 113 Å². The van der Waals surface area contributed by atoms with Crippen molar-refractivity contribution in [2.45, 2.75) is 31.6 Å². The molecule has 20 heavy (non-hydrogen) atoms. The molecule has 1 aliphatic rings. The van der Waals surface area contributed by atoms with Gasteiger partial charge in [-0.3, -0.25) is 0 Å². The summed E-state index contributed by atoms with van der Waals surface area (Å²) in [7, 11) is 1.47. The number of alkyl halides is 3. The third kappa shape index (κ3) is 2.72. The largest absolute Gasteiger partial charge is 0.391 e. The molecule has 0 heterocycles. The number of rotatable bonds is 3. The summed E-state index contributed by atoms with van der Waals surface area (Å²) >= 11 is 0. The lowest BCUT2D eigenvalue weighted by Gasteiger charge is -2.43. The van der Waals surface area contributed by atoms with Gasteiger partial charge in [0.25, 0.3) is 0 Å². The average Bonchev–Trinajstić information content (AvgIpc) is 2.27. The molecule has 1 aliphatic carbocycles. The molecule has 7 heteroatoms. The Kier molecular flexibility index (Phi) is 3.90. The first-order valence-electron chi connectivity index (χ1n) is 6.21. The SMILES string of the molecule is CN(c1cc(F)c(CN)cc1F)C1CC(C(F)(F)F)C1. The Morgan fingerprint density at radius 1 is 1.20 bits per heavy atom. The van der Waals surface area contributed by atoms with E-state index >= 15 is 0 Å². The van der Waals surface area contributed by atoms with Gasteiger partial charge in [-0.05, 0) is 18.9 Å². The smallest absolute Gasteiger partial charge is 0.369 e. The summed E-state index contributed by atoms with van der Waals surface area (Å²) in [5, 5.41) is 0. The number of nitrogens with two attached hydrogens (primary N) is 1. The Bertz CT molecular complexity index is 494. The van der Waals surface area contributed by atoms with E-state index in [-0.39, 0.29) is 30.6 Å². The van der Waals surface area contributed by atoms with Gasteiger partial charge in [-0.15, -0.1) is 0 Å². The highest BCUT2D eigenvalue weighted by atomic mass is 19.4. The first-order chi connectivity index (χ1) is 9.24. The van der Waals surface area contributed by atoms with Crippen LogP contribution in [0.25, 0.3) is 0 Å². The van der Waals surface area contributed by atoms with Crippen molar-refractivity contribution in [3.8, 4) is 0 Å². The van der Waals surface area contributed by atoms with Gasteiger partial charge in [0.1, 0.15) is 11.6 Å². The minimum atomic E-state index is -4.22. The maximum absolute atomic E-state index is 13.8. The Hall–Kier alpha value is -1.37. The lowest BCUT2D eigenvalue weighted by molar-refractivity contribution is -0.196. The molecule has 0 atom stereocenters. The fraction of sp³-hybridized carbons (Fsp3) is 0.538. The number of anilines is 1. The van der Waals surface area contributed by atoms with Crippen LogP contribution in [0.1, 0.15) is 18.4 Å². The van der Waals surface area contributed by atoms with Crippen LogP contribution in [0.15, 0.2) is 12.1 Å². The highest BCUT2D eigenvalue weighted by Crippen LogP contribution is 2.44. The van der Waals surface area contributed by atoms with E-state index in [1.165, 1.54) is 11.9 Å². The Morgan fingerprint density at radius 3 is 2.30 bits per heavy atom. The van der Waals surface area contributed by atoms with Crippen LogP contribution in [-0.2, 0) is 6.54 Å². The van der Waals surface area contributed by atoms with Crippen molar-refractivity contribution >= 4 is 5.69 Å². The van der Waals surface area contributed by atoms with Crippen molar-refractivity contribution < 1.29 is 22.0 Å². The summed E-state index contributed by atoms with van der Waals surface area (Å²) in [6.45, 7) is -0.133. The second-order valence-electron chi connectivity index (χ2n) is 5.07. The predicted octanol–water partition coefficient (Wildman–Crippen LogP) is 3.20. The van der Waals surface area contributed by atoms with Crippen molar-refractivity contribution in [1.82, 2.24) is 0 Å². The first kappa shape index (κ1) is 15.0. The molecular weight excluding hydrogens is 279 g/mol. The van der Waals surface area contributed by atoms with Gasteiger partial charge < -0.3 is 10.6 Å². The Morgan fingerprint density at radius 2 is 1.80 bits per heavy atom. The Balaban J connectivity index is 2.12. The van der Waals surface area contributed by atoms with Gasteiger partial charge in [0.2, 0.25) is 0 Å². The molecule has 1 fully saturated rings. The van der Waals surface area contributed by atoms with Crippen LogP contribution in [0.5, 0.6) is 0 Å². The van der Waals surface area contributed by atoms with E-state index in [1.807, 2.05) is 0 Å². The van der Waals surface area contributed by atoms with E-state index in [4.69, 9.17) is 5.73 Å².